The molecule has 0 aromatic heterocycles. The molecule has 0 atom stereocenters. The van der Waals surface area contributed by atoms with Crippen LogP contribution in [-0.2, 0) is 0 Å². The number of hydrogen-bond acceptors (Lipinski definition) is 6. The first kappa shape index (κ1) is 13.1. The lowest BCUT2D eigenvalue weighted by Gasteiger charge is -1.99. The summed E-state index contributed by atoms with van der Waals surface area (Å²) in [6, 6.07) is 3.48. The minimum Gasteiger partial charge on any atom is -0.258 e. The molecule has 0 saturated heterocycles. The van der Waals surface area contributed by atoms with Crippen molar-refractivity contribution in [2.24, 2.45) is 4.40 Å². The van der Waals surface area contributed by atoms with Crippen LogP contribution in [0.4, 0.5) is 11.4 Å². The topological polar surface area (TPSA) is 98.6 Å². The molecule has 90 valence electrons. The van der Waals surface area contributed by atoms with Crippen LogP contribution in [0.25, 0.3) is 0 Å². The van der Waals surface area contributed by atoms with Gasteiger partial charge in [0.2, 0.25) is 0 Å². The Hall–Kier alpha value is -1.96. The normalized spacial score (nSPS) is 9.76. The van der Waals surface area contributed by atoms with Crippen molar-refractivity contribution in [3.05, 3.63) is 38.4 Å². The van der Waals surface area contributed by atoms with E-state index in [0.717, 1.165) is 23.7 Å². The Labute approximate surface area is 101 Å². The van der Waals surface area contributed by atoms with E-state index in [1.165, 1.54) is 12.1 Å². The summed E-state index contributed by atoms with van der Waals surface area (Å²) in [7, 11) is 0. The fourth-order valence-electron chi connectivity index (χ4n) is 0.980. The van der Waals surface area contributed by atoms with Crippen LogP contribution in [0.2, 0.25) is 0 Å². The lowest BCUT2D eigenvalue weighted by atomic mass is 10.3. The highest BCUT2D eigenvalue weighted by Crippen LogP contribution is 2.33. The van der Waals surface area contributed by atoms with E-state index in [9.17, 15) is 20.2 Å². The van der Waals surface area contributed by atoms with Gasteiger partial charge in [0.25, 0.3) is 11.4 Å². The first-order chi connectivity index (χ1) is 7.91. The molecule has 0 aliphatic heterocycles. The van der Waals surface area contributed by atoms with Crippen LogP contribution in [0.1, 0.15) is 13.8 Å². The van der Waals surface area contributed by atoms with E-state index in [0.29, 0.717) is 0 Å². The van der Waals surface area contributed by atoms with Crippen LogP contribution in [-0.4, -0.2) is 15.6 Å². The second kappa shape index (κ2) is 5.39. The Morgan fingerprint density at radius 2 is 1.88 bits per heavy atom. The Bertz CT molecular complexity index is 497. The molecule has 1 aromatic rings. The molecule has 1 rings (SSSR count). The van der Waals surface area contributed by atoms with Gasteiger partial charge >= 0.3 is 0 Å². The number of benzene rings is 1. The van der Waals surface area contributed by atoms with Gasteiger partial charge in [0.15, 0.2) is 0 Å². The predicted molar refractivity (Wildman–Crippen MR) is 64.4 cm³/mol. The van der Waals surface area contributed by atoms with Crippen LogP contribution >= 0.6 is 11.9 Å². The van der Waals surface area contributed by atoms with Gasteiger partial charge in [-0.2, -0.15) is 0 Å². The van der Waals surface area contributed by atoms with Gasteiger partial charge in [0.05, 0.1) is 15.9 Å². The molecule has 0 spiro atoms. The Kier molecular flexibility index (Phi) is 4.16. The van der Waals surface area contributed by atoms with Crippen molar-refractivity contribution in [1.82, 2.24) is 0 Å². The van der Waals surface area contributed by atoms with Crippen molar-refractivity contribution in [3.63, 3.8) is 0 Å². The number of nitro benzene ring substituents is 2. The van der Waals surface area contributed by atoms with Gasteiger partial charge < -0.3 is 0 Å². The van der Waals surface area contributed by atoms with Crippen LogP contribution in [0.15, 0.2) is 27.5 Å². The van der Waals surface area contributed by atoms with Crippen molar-refractivity contribution in [3.8, 4) is 0 Å². The number of rotatable bonds is 4. The van der Waals surface area contributed by atoms with E-state index in [4.69, 9.17) is 0 Å². The van der Waals surface area contributed by atoms with E-state index >= 15 is 0 Å². The van der Waals surface area contributed by atoms with Crippen LogP contribution in [0.5, 0.6) is 0 Å². The molecule has 0 N–H and O–H groups in total. The average Bonchev–Trinajstić information content (AvgIpc) is 2.25. The summed E-state index contributed by atoms with van der Waals surface area (Å²) in [5, 5.41) is 21.3. The minimum absolute atomic E-state index is 0.279. The molecule has 1 aromatic carbocycles. The third kappa shape index (κ3) is 3.52. The van der Waals surface area contributed by atoms with Gasteiger partial charge in [-0.15, -0.1) is 0 Å². The molecular weight excluding hydrogens is 246 g/mol. The highest BCUT2D eigenvalue weighted by molar-refractivity contribution is 7.98. The SMILES string of the molecule is CC(C)=NSc1ccc([N+](=O)[O-])cc1[N+](=O)[O-]. The molecule has 0 radical (unpaired) electrons. The molecule has 8 heteroatoms. The molecule has 0 bridgehead atoms. The minimum atomic E-state index is -0.671. The smallest absolute Gasteiger partial charge is 0.258 e. The number of nitro groups is 2. The Balaban J connectivity index is 3.18. The van der Waals surface area contributed by atoms with Gasteiger partial charge in [0.1, 0.15) is 4.90 Å². The van der Waals surface area contributed by atoms with E-state index < -0.39 is 9.85 Å². The molecule has 7 nitrogen and oxygen atoms in total. The molecule has 0 heterocycles. The second-order valence-corrected chi connectivity index (χ2v) is 4.10. The fourth-order valence-corrected chi connectivity index (χ4v) is 1.62. The summed E-state index contributed by atoms with van der Waals surface area (Å²) in [5.41, 5.74) is 0.134. The first-order valence-electron chi connectivity index (χ1n) is 4.53. The number of non-ortho nitro benzene ring substituents is 1. The van der Waals surface area contributed by atoms with Gasteiger partial charge in [-0.05, 0) is 19.9 Å². The maximum absolute atomic E-state index is 10.8. The summed E-state index contributed by atoms with van der Waals surface area (Å²) in [6.45, 7) is 3.51. The zero-order valence-corrected chi connectivity index (χ0v) is 9.93. The van der Waals surface area contributed by atoms with E-state index in [-0.39, 0.29) is 16.3 Å². The van der Waals surface area contributed by atoms with Crippen molar-refractivity contribution >= 4 is 29.0 Å². The largest absolute Gasteiger partial charge is 0.291 e. The standard InChI is InChI=1S/C9H9N3O4S/c1-6(2)10-17-9-4-3-7(11(13)14)5-8(9)12(15)16/h3-5H,1-2H3. The lowest BCUT2D eigenvalue weighted by Crippen LogP contribution is -1.94. The molecule has 0 aliphatic rings. The molecule has 0 unspecified atom stereocenters. The van der Waals surface area contributed by atoms with Crippen molar-refractivity contribution in [2.75, 3.05) is 0 Å². The summed E-state index contributed by atoms with van der Waals surface area (Å²) in [4.78, 5) is 20.2. The van der Waals surface area contributed by atoms with Crippen molar-refractivity contribution < 1.29 is 9.85 Å². The molecule has 0 amide bonds. The lowest BCUT2D eigenvalue weighted by molar-refractivity contribution is -0.396. The molecule has 0 fully saturated rings. The third-order valence-corrected chi connectivity index (χ3v) is 2.67. The highest BCUT2D eigenvalue weighted by Gasteiger charge is 2.19. The van der Waals surface area contributed by atoms with Crippen molar-refractivity contribution in [2.45, 2.75) is 18.7 Å². The molecule has 0 saturated carbocycles. The molecule has 17 heavy (non-hydrogen) atoms. The van der Waals surface area contributed by atoms with E-state index in [2.05, 4.69) is 4.40 Å². The zero-order valence-electron chi connectivity index (χ0n) is 9.11. The van der Waals surface area contributed by atoms with Crippen LogP contribution in [0, 0.1) is 20.2 Å². The van der Waals surface area contributed by atoms with Gasteiger partial charge in [0, 0.05) is 23.7 Å². The van der Waals surface area contributed by atoms with E-state index in [1.54, 1.807) is 13.8 Å². The molecular formula is C9H9N3O4S. The van der Waals surface area contributed by atoms with Crippen molar-refractivity contribution in [1.29, 1.82) is 0 Å². The fraction of sp³-hybridized carbons (Fsp3) is 0.222. The van der Waals surface area contributed by atoms with Gasteiger partial charge in [-0.3, -0.25) is 20.2 Å². The monoisotopic (exact) mass is 255 g/mol. The van der Waals surface area contributed by atoms with E-state index in [1.807, 2.05) is 0 Å². The van der Waals surface area contributed by atoms with Crippen LogP contribution in [0.3, 0.4) is 0 Å². The zero-order chi connectivity index (χ0) is 13.0. The maximum Gasteiger partial charge on any atom is 0.291 e. The Morgan fingerprint density at radius 3 is 2.35 bits per heavy atom. The highest BCUT2D eigenvalue weighted by atomic mass is 32.2. The summed E-state index contributed by atoms with van der Waals surface area (Å²) in [6.07, 6.45) is 0. The average molecular weight is 255 g/mol. The predicted octanol–water partition coefficient (Wildman–Crippen LogP) is 2.99. The molecule has 0 aliphatic carbocycles. The summed E-state index contributed by atoms with van der Waals surface area (Å²) in [5.74, 6) is 0. The number of hydrogen-bond donors (Lipinski definition) is 0. The summed E-state index contributed by atoms with van der Waals surface area (Å²) >= 11 is 0.928. The first-order valence-corrected chi connectivity index (χ1v) is 5.30. The third-order valence-electron chi connectivity index (χ3n) is 1.68. The quantitative estimate of drug-likeness (QED) is 0.356. The maximum atomic E-state index is 10.8. The Morgan fingerprint density at radius 1 is 1.24 bits per heavy atom. The van der Waals surface area contributed by atoms with Crippen LogP contribution < -0.4 is 0 Å². The summed E-state index contributed by atoms with van der Waals surface area (Å²) < 4.78 is 3.97. The van der Waals surface area contributed by atoms with Gasteiger partial charge in [-0.1, -0.05) is 0 Å². The van der Waals surface area contributed by atoms with Gasteiger partial charge in [-0.25, -0.2) is 4.40 Å². The number of nitrogens with zero attached hydrogens (tertiary/aromatic N) is 3. The second-order valence-electron chi connectivity index (χ2n) is 3.30.